The van der Waals surface area contributed by atoms with Crippen molar-refractivity contribution in [1.29, 1.82) is 0 Å². The first-order valence-electron chi connectivity index (χ1n) is 5.17. The summed E-state index contributed by atoms with van der Waals surface area (Å²) in [6, 6.07) is 0. The second-order valence-corrected chi connectivity index (χ2v) is 4.37. The molecule has 0 fully saturated rings. The first-order chi connectivity index (χ1) is 6.52. The Bertz CT molecular complexity index is 255. The zero-order chi connectivity index (χ0) is 11.0. The number of unbranched alkanes of at least 4 members (excludes halogenated alkanes) is 2. The summed E-state index contributed by atoms with van der Waals surface area (Å²) < 4.78 is 0. The van der Waals surface area contributed by atoms with Gasteiger partial charge in [-0.2, -0.15) is 0 Å². The van der Waals surface area contributed by atoms with Crippen LogP contribution >= 0.6 is 0 Å². The van der Waals surface area contributed by atoms with Crippen molar-refractivity contribution in [2.45, 2.75) is 47.0 Å². The maximum Gasteiger partial charge on any atom is 0.143 e. The molecule has 0 N–H and O–H groups in total. The lowest BCUT2D eigenvalue weighted by molar-refractivity contribution is -0.104. The molecule has 0 aromatic carbocycles. The van der Waals surface area contributed by atoms with Gasteiger partial charge in [-0.3, -0.25) is 4.79 Å². The van der Waals surface area contributed by atoms with Gasteiger partial charge in [0, 0.05) is 12.0 Å². The van der Waals surface area contributed by atoms with E-state index in [4.69, 9.17) is 0 Å². The zero-order valence-corrected chi connectivity index (χ0v) is 9.68. The Kier molecular flexibility index (Phi) is 5.95. The van der Waals surface area contributed by atoms with Gasteiger partial charge >= 0.3 is 0 Å². The standard InChI is InChI=1S/C13H20O/c1-5-6-7-8-9-12(10-11-14)13(2,3)4/h10-11H,5-7H2,1-4H3/b12-10-. The number of carbonyl (C=O) groups excluding carboxylic acids is 1. The first-order valence-corrected chi connectivity index (χ1v) is 5.17. The van der Waals surface area contributed by atoms with Crippen LogP contribution in [0.15, 0.2) is 11.6 Å². The van der Waals surface area contributed by atoms with E-state index in [1.807, 2.05) is 0 Å². The van der Waals surface area contributed by atoms with Crippen LogP contribution in [0, 0.1) is 17.3 Å². The Labute approximate surface area is 87.6 Å². The molecule has 78 valence electrons. The molecule has 0 aromatic heterocycles. The topological polar surface area (TPSA) is 17.1 Å². The highest BCUT2D eigenvalue weighted by Crippen LogP contribution is 2.23. The van der Waals surface area contributed by atoms with E-state index in [2.05, 4.69) is 39.5 Å². The smallest absolute Gasteiger partial charge is 0.143 e. The summed E-state index contributed by atoms with van der Waals surface area (Å²) >= 11 is 0. The van der Waals surface area contributed by atoms with E-state index in [0.29, 0.717) is 0 Å². The molecule has 0 bridgehead atoms. The molecule has 0 aromatic rings. The third-order valence-electron chi connectivity index (χ3n) is 1.92. The molecule has 0 saturated heterocycles. The summed E-state index contributed by atoms with van der Waals surface area (Å²) in [4.78, 5) is 10.4. The molecule has 0 atom stereocenters. The van der Waals surface area contributed by atoms with E-state index in [1.54, 1.807) is 6.08 Å². The van der Waals surface area contributed by atoms with Crippen LogP contribution in [0.1, 0.15) is 47.0 Å². The van der Waals surface area contributed by atoms with E-state index < -0.39 is 0 Å². The lowest BCUT2D eigenvalue weighted by atomic mass is 9.86. The van der Waals surface area contributed by atoms with Gasteiger partial charge in [-0.05, 0) is 17.9 Å². The van der Waals surface area contributed by atoms with Crippen LogP contribution in [-0.4, -0.2) is 6.29 Å². The molecule has 0 radical (unpaired) electrons. The number of carbonyl (C=O) groups is 1. The molecule has 0 aliphatic carbocycles. The van der Waals surface area contributed by atoms with E-state index in [1.165, 1.54) is 0 Å². The van der Waals surface area contributed by atoms with Gasteiger partial charge in [-0.15, -0.1) is 0 Å². The molecule has 0 amide bonds. The Morgan fingerprint density at radius 1 is 1.36 bits per heavy atom. The van der Waals surface area contributed by atoms with Gasteiger partial charge in [0.15, 0.2) is 0 Å². The minimum absolute atomic E-state index is 0.0277. The second-order valence-electron chi connectivity index (χ2n) is 4.37. The normalized spacial score (nSPS) is 11.9. The van der Waals surface area contributed by atoms with Crippen LogP contribution in [0.25, 0.3) is 0 Å². The predicted molar refractivity (Wildman–Crippen MR) is 60.9 cm³/mol. The molecule has 0 unspecified atom stereocenters. The fourth-order valence-electron chi connectivity index (χ4n) is 0.970. The van der Waals surface area contributed by atoms with Crippen molar-refractivity contribution in [3.8, 4) is 11.8 Å². The Balaban J connectivity index is 4.44. The molecular formula is C13H20O. The van der Waals surface area contributed by atoms with E-state index >= 15 is 0 Å². The average Bonchev–Trinajstić information content (AvgIpc) is 2.08. The minimum atomic E-state index is -0.0277. The van der Waals surface area contributed by atoms with Crippen molar-refractivity contribution < 1.29 is 4.79 Å². The van der Waals surface area contributed by atoms with Gasteiger partial charge in [-0.25, -0.2) is 0 Å². The van der Waals surface area contributed by atoms with Crippen molar-refractivity contribution >= 4 is 6.29 Å². The Hall–Kier alpha value is -1.03. The maximum absolute atomic E-state index is 10.4. The van der Waals surface area contributed by atoms with Crippen molar-refractivity contribution in [2.75, 3.05) is 0 Å². The van der Waals surface area contributed by atoms with Crippen LogP contribution in [0.3, 0.4) is 0 Å². The quantitative estimate of drug-likeness (QED) is 0.290. The number of hydrogen-bond donors (Lipinski definition) is 0. The zero-order valence-electron chi connectivity index (χ0n) is 9.68. The number of rotatable bonds is 3. The SMILES string of the molecule is CCCCC#C/C(=C/C=O)C(C)(C)C. The summed E-state index contributed by atoms with van der Waals surface area (Å²) in [5, 5.41) is 0. The van der Waals surface area contributed by atoms with Gasteiger partial charge in [0.25, 0.3) is 0 Å². The molecule has 14 heavy (non-hydrogen) atoms. The highest BCUT2D eigenvalue weighted by Gasteiger charge is 2.14. The molecule has 1 nitrogen and oxygen atoms in total. The fourth-order valence-corrected chi connectivity index (χ4v) is 0.970. The first kappa shape index (κ1) is 13.0. The molecule has 0 spiro atoms. The van der Waals surface area contributed by atoms with Crippen LogP contribution in [0.2, 0.25) is 0 Å². The number of aldehydes is 1. The summed E-state index contributed by atoms with van der Waals surface area (Å²) in [6.07, 6.45) is 5.60. The predicted octanol–water partition coefficient (Wildman–Crippen LogP) is 3.35. The second kappa shape index (κ2) is 6.43. The van der Waals surface area contributed by atoms with Crippen molar-refractivity contribution in [1.82, 2.24) is 0 Å². The van der Waals surface area contributed by atoms with Crippen LogP contribution < -0.4 is 0 Å². The summed E-state index contributed by atoms with van der Waals surface area (Å²) in [5.74, 6) is 6.18. The fraction of sp³-hybridized carbons (Fsp3) is 0.615. The van der Waals surface area contributed by atoms with Gasteiger partial charge in [0.1, 0.15) is 6.29 Å². The third kappa shape index (κ3) is 5.59. The van der Waals surface area contributed by atoms with Crippen LogP contribution in [-0.2, 0) is 4.79 Å². The highest BCUT2D eigenvalue weighted by atomic mass is 16.1. The van der Waals surface area contributed by atoms with Crippen molar-refractivity contribution in [3.63, 3.8) is 0 Å². The van der Waals surface area contributed by atoms with Gasteiger partial charge in [0.05, 0.1) is 0 Å². The molecule has 0 aliphatic rings. The average molecular weight is 192 g/mol. The minimum Gasteiger partial charge on any atom is -0.299 e. The molecule has 0 aliphatic heterocycles. The lowest BCUT2D eigenvalue weighted by Gasteiger charge is -2.17. The van der Waals surface area contributed by atoms with E-state index in [9.17, 15) is 4.79 Å². The summed E-state index contributed by atoms with van der Waals surface area (Å²) in [5.41, 5.74) is 0.892. The maximum atomic E-state index is 10.4. The Morgan fingerprint density at radius 2 is 2.00 bits per heavy atom. The molecule has 0 saturated carbocycles. The molecule has 0 rings (SSSR count). The van der Waals surface area contributed by atoms with Gasteiger partial charge in [0.2, 0.25) is 0 Å². The lowest BCUT2D eigenvalue weighted by Crippen LogP contribution is -2.08. The monoisotopic (exact) mass is 192 g/mol. The Morgan fingerprint density at radius 3 is 2.43 bits per heavy atom. The summed E-state index contributed by atoms with van der Waals surface area (Å²) in [6.45, 7) is 8.35. The number of hydrogen-bond acceptors (Lipinski definition) is 1. The molecule has 0 heterocycles. The molecular weight excluding hydrogens is 172 g/mol. The highest BCUT2D eigenvalue weighted by molar-refractivity contribution is 5.68. The van der Waals surface area contributed by atoms with Gasteiger partial charge in [-0.1, -0.05) is 46.0 Å². The molecule has 1 heteroatoms. The summed E-state index contributed by atoms with van der Waals surface area (Å²) in [7, 11) is 0. The van der Waals surface area contributed by atoms with Crippen LogP contribution in [0.5, 0.6) is 0 Å². The van der Waals surface area contributed by atoms with E-state index in [-0.39, 0.29) is 5.41 Å². The third-order valence-corrected chi connectivity index (χ3v) is 1.92. The van der Waals surface area contributed by atoms with Gasteiger partial charge < -0.3 is 0 Å². The largest absolute Gasteiger partial charge is 0.299 e. The van der Waals surface area contributed by atoms with Crippen LogP contribution in [0.4, 0.5) is 0 Å². The van der Waals surface area contributed by atoms with Crippen molar-refractivity contribution in [2.24, 2.45) is 5.41 Å². The van der Waals surface area contributed by atoms with E-state index in [0.717, 1.165) is 31.1 Å². The number of allylic oxidation sites excluding steroid dienone is 2. The van der Waals surface area contributed by atoms with Crippen molar-refractivity contribution in [3.05, 3.63) is 11.6 Å².